The molecule has 1 aliphatic carbocycles. The Balaban J connectivity index is 1.72. The van der Waals surface area contributed by atoms with Gasteiger partial charge in [-0.05, 0) is 58.7 Å². The third kappa shape index (κ3) is 5.75. The zero-order chi connectivity index (χ0) is 26.3. The Morgan fingerprint density at radius 2 is 1.97 bits per heavy atom. The number of nitrogens with one attached hydrogen (secondary N) is 2. The number of benzene rings is 1. The molecular formula is C24H33N5O6S. The number of hydrogen-bond donors (Lipinski definition) is 2. The van der Waals surface area contributed by atoms with E-state index in [9.17, 15) is 18.0 Å². The molecule has 1 atom stereocenters. The van der Waals surface area contributed by atoms with Gasteiger partial charge in [0.05, 0.1) is 24.5 Å². The standard InChI is InChI=1S/C24H33N5O6S/c1-6-28-14-21(22(27-28)16-7-8-16)36(32,33)29-13-18(12-25-15(2)30)34-20-10-9-17(11-19(20)29)26-23(31)35-24(3,4)5/h9-11,14,16,18H,6-8,12-13H2,1-5H3,(H,25,30)(H,26,31). The van der Waals surface area contributed by atoms with Gasteiger partial charge >= 0.3 is 6.09 Å². The normalized spacial score (nSPS) is 17.7. The van der Waals surface area contributed by atoms with Crippen molar-refractivity contribution in [3.8, 4) is 5.75 Å². The first-order chi connectivity index (χ1) is 16.9. The Kier molecular flexibility index (Phi) is 6.91. The molecule has 2 N–H and O–H groups in total. The summed E-state index contributed by atoms with van der Waals surface area (Å²) < 4.78 is 42.4. The summed E-state index contributed by atoms with van der Waals surface area (Å²) in [7, 11) is -4.03. The highest BCUT2D eigenvalue weighted by molar-refractivity contribution is 7.92. The number of rotatable bonds is 7. The summed E-state index contributed by atoms with van der Waals surface area (Å²) in [5, 5.41) is 9.87. The third-order valence-corrected chi connectivity index (χ3v) is 7.52. The first-order valence-electron chi connectivity index (χ1n) is 12.0. The lowest BCUT2D eigenvalue weighted by Gasteiger charge is -2.35. The molecule has 1 unspecified atom stereocenters. The second kappa shape index (κ2) is 9.64. The van der Waals surface area contributed by atoms with Crippen LogP contribution in [0.1, 0.15) is 59.1 Å². The number of aromatic nitrogens is 2. The molecule has 1 fully saturated rings. The summed E-state index contributed by atoms with van der Waals surface area (Å²) in [6, 6.07) is 4.76. The Labute approximate surface area is 211 Å². The van der Waals surface area contributed by atoms with E-state index in [0.717, 1.165) is 12.8 Å². The van der Waals surface area contributed by atoms with Gasteiger partial charge in [-0.1, -0.05) is 0 Å². The van der Waals surface area contributed by atoms with Gasteiger partial charge in [0.1, 0.15) is 22.4 Å². The van der Waals surface area contributed by atoms with Crippen molar-refractivity contribution in [1.29, 1.82) is 0 Å². The maximum absolute atomic E-state index is 14.1. The zero-order valence-corrected chi connectivity index (χ0v) is 22.0. The van der Waals surface area contributed by atoms with E-state index in [2.05, 4.69) is 15.7 Å². The van der Waals surface area contributed by atoms with E-state index in [1.807, 2.05) is 6.92 Å². The minimum Gasteiger partial charge on any atom is -0.484 e. The van der Waals surface area contributed by atoms with Crippen molar-refractivity contribution in [3.63, 3.8) is 0 Å². The fourth-order valence-electron chi connectivity index (χ4n) is 3.94. The molecule has 1 aromatic carbocycles. The Bertz CT molecular complexity index is 1260. The minimum atomic E-state index is -4.03. The summed E-state index contributed by atoms with van der Waals surface area (Å²) in [4.78, 5) is 24.0. The highest BCUT2D eigenvalue weighted by atomic mass is 32.2. The van der Waals surface area contributed by atoms with Crippen molar-refractivity contribution in [2.24, 2.45) is 0 Å². The van der Waals surface area contributed by atoms with Crippen LogP contribution in [0.3, 0.4) is 0 Å². The van der Waals surface area contributed by atoms with E-state index >= 15 is 0 Å². The van der Waals surface area contributed by atoms with Crippen LogP contribution < -0.4 is 19.7 Å². The molecule has 36 heavy (non-hydrogen) atoms. The molecule has 11 nitrogen and oxygen atoms in total. The number of fused-ring (bicyclic) bond motifs is 1. The van der Waals surface area contributed by atoms with E-state index < -0.39 is 27.8 Å². The maximum atomic E-state index is 14.1. The van der Waals surface area contributed by atoms with E-state index in [1.54, 1.807) is 49.8 Å². The van der Waals surface area contributed by atoms with Crippen LogP contribution in [0.2, 0.25) is 0 Å². The minimum absolute atomic E-state index is 0.0209. The number of amides is 2. The van der Waals surface area contributed by atoms with Crippen LogP contribution in [0.4, 0.5) is 16.2 Å². The molecule has 4 rings (SSSR count). The first kappa shape index (κ1) is 25.8. The van der Waals surface area contributed by atoms with Gasteiger partial charge in [-0.3, -0.25) is 19.1 Å². The molecule has 2 amide bonds. The second-order valence-electron chi connectivity index (χ2n) is 10.0. The number of hydrogen-bond acceptors (Lipinski definition) is 7. The predicted molar refractivity (Wildman–Crippen MR) is 134 cm³/mol. The zero-order valence-electron chi connectivity index (χ0n) is 21.2. The van der Waals surface area contributed by atoms with Crippen LogP contribution in [-0.4, -0.2) is 55.0 Å². The number of ether oxygens (including phenoxy) is 2. The quantitative estimate of drug-likeness (QED) is 0.574. The van der Waals surface area contributed by atoms with Crippen LogP contribution in [0.25, 0.3) is 0 Å². The van der Waals surface area contributed by atoms with Crippen molar-refractivity contribution in [2.45, 2.75) is 76.5 Å². The van der Waals surface area contributed by atoms with Crippen LogP contribution >= 0.6 is 0 Å². The summed E-state index contributed by atoms with van der Waals surface area (Å²) in [6.07, 6.45) is 2.11. The molecule has 196 valence electrons. The van der Waals surface area contributed by atoms with Crippen molar-refractivity contribution < 1.29 is 27.5 Å². The molecule has 12 heteroatoms. The molecule has 0 saturated heterocycles. The molecule has 2 aliphatic rings. The Hall–Kier alpha value is -3.28. The average molecular weight is 520 g/mol. The van der Waals surface area contributed by atoms with Crippen LogP contribution in [0.5, 0.6) is 5.75 Å². The first-order valence-corrected chi connectivity index (χ1v) is 13.5. The Morgan fingerprint density at radius 1 is 1.25 bits per heavy atom. The van der Waals surface area contributed by atoms with Gasteiger partial charge in [-0.15, -0.1) is 0 Å². The van der Waals surface area contributed by atoms with E-state index in [1.165, 1.54) is 11.2 Å². The fraction of sp³-hybridized carbons (Fsp3) is 0.542. The van der Waals surface area contributed by atoms with Crippen molar-refractivity contribution in [2.75, 3.05) is 22.7 Å². The van der Waals surface area contributed by atoms with Gasteiger partial charge in [-0.2, -0.15) is 5.10 Å². The van der Waals surface area contributed by atoms with E-state index in [0.29, 0.717) is 23.7 Å². The SMILES string of the molecule is CCn1cc(S(=O)(=O)N2CC(CNC(C)=O)Oc3ccc(NC(=O)OC(C)(C)C)cc32)c(C2CC2)n1. The second-order valence-corrected chi connectivity index (χ2v) is 11.9. The smallest absolute Gasteiger partial charge is 0.412 e. The molecule has 1 aromatic heterocycles. The lowest BCUT2D eigenvalue weighted by molar-refractivity contribution is -0.119. The van der Waals surface area contributed by atoms with Gasteiger partial charge in [0.25, 0.3) is 10.0 Å². The topological polar surface area (TPSA) is 132 Å². The van der Waals surface area contributed by atoms with Crippen molar-refractivity contribution in [1.82, 2.24) is 15.1 Å². The monoisotopic (exact) mass is 519 g/mol. The molecule has 1 aliphatic heterocycles. The van der Waals surface area contributed by atoms with Gasteiger partial charge in [0.15, 0.2) is 0 Å². The summed E-state index contributed by atoms with van der Waals surface area (Å²) in [5.41, 5.74) is 0.533. The van der Waals surface area contributed by atoms with E-state index in [-0.39, 0.29) is 35.5 Å². The van der Waals surface area contributed by atoms with Gasteiger partial charge < -0.3 is 14.8 Å². The number of carbonyl (C=O) groups excluding carboxylic acids is 2. The highest BCUT2D eigenvalue weighted by Gasteiger charge is 2.40. The average Bonchev–Trinajstić information content (AvgIpc) is 3.53. The number of nitrogens with zero attached hydrogens (tertiary/aromatic N) is 3. The fourth-order valence-corrected chi connectivity index (χ4v) is 5.67. The predicted octanol–water partition coefficient (Wildman–Crippen LogP) is 3.22. The maximum Gasteiger partial charge on any atom is 0.412 e. The molecular weight excluding hydrogens is 486 g/mol. The van der Waals surface area contributed by atoms with E-state index in [4.69, 9.17) is 9.47 Å². The molecule has 2 aromatic rings. The number of carbonyl (C=O) groups is 2. The molecule has 2 heterocycles. The summed E-state index contributed by atoms with van der Waals surface area (Å²) in [6.45, 7) is 9.22. The van der Waals surface area contributed by atoms with Crippen molar-refractivity contribution >= 4 is 33.4 Å². The third-order valence-electron chi connectivity index (χ3n) is 5.73. The molecule has 0 spiro atoms. The van der Waals surface area contributed by atoms with Crippen LogP contribution in [0.15, 0.2) is 29.3 Å². The van der Waals surface area contributed by atoms with Gasteiger partial charge in [0.2, 0.25) is 5.91 Å². The van der Waals surface area contributed by atoms with Crippen molar-refractivity contribution in [3.05, 3.63) is 30.1 Å². The highest BCUT2D eigenvalue weighted by Crippen LogP contribution is 2.44. The number of sulfonamides is 1. The van der Waals surface area contributed by atoms with Crippen LogP contribution in [-0.2, 0) is 26.1 Å². The molecule has 0 radical (unpaired) electrons. The van der Waals surface area contributed by atoms with Gasteiger partial charge in [0, 0.05) is 31.3 Å². The largest absolute Gasteiger partial charge is 0.484 e. The number of aryl methyl sites for hydroxylation is 1. The lowest BCUT2D eigenvalue weighted by Crippen LogP contribution is -2.48. The number of anilines is 2. The molecule has 0 bridgehead atoms. The van der Waals surface area contributed by atoms with Crippen LogP contribution in [0, 0.1) is 0 Å². The summed E-state index contributed by atoms with van der Waals surface area (Å²) >= 11 is 0. The molecule has 1 saturated carbocycles. The lowest BCUT2D eigenvalue weighted by atomic mass is 10.2. The summed E-state index contributed by atoms with van der Waals surface area (Å²) in [5.74, 6) is 0.208. The Morgan fingerprint density at radius 3 is 2.58 bits per heavy atom. The van der Waals surface area contributed by atoms with Gasteiger partial charge in [-0.25, -0.2) is 13.2 Å².